The Hall–Kier alpha value is -2.52. The first-order valence-corrected chi connectivity index (χ1v) is 10.7. The van der Waals surface area contributed by atoms with Gasteiger partial charge in [0, 0.05) is 12.1 Å². The Labute approximate surface area is 171 Å². The van der Waals surface area contributed by atoms with Gasteiger partial charge >= 0.3 is 0 Å². The molecule has 1 aliphatic carbocycles. The van der Waals surface area contributed by atoms with E-state index in [4.69, 9.17) is 9.47 Å². The second kappa shape index (κ2) is 8.24. The summed E-state index contributed by atoms with van der Waals surface area (Å²) in [5.41, 5.74) is 0.608. The van der Waals surface area contributed by atoms with E-state index in [1.165, 1.54) is 11.8 Å². The van der Waals surface area contributed by atoms with Crippen LogP contribution >= 0.6 is 23.1 Å². The molecule has 0 radical (unpaired) electrons. The number of nitrogens with zero attached hydrogens (tertiary/aromatic N) is 3. The van der Waals surface area contributed by atoms with E-state index in [0.29, 0.717) is 23.2 Å². The van der Waals surface area contributed by atoms with Crippen molar-refractivity contribution in [3.63, 3.8) is 0 Å². The van der Waals surface area contributed by atoms with Crippen molar-refractivity contribution in [2.75, 3.05) is 25.3 Å². The van der Waals surface area contributed by atoms with Crippen molar-refractivity contribution < 1.29 is 14.3 Å². The van der Waals surface area contributed by atoms with Gasteiger partial charge in [-0.3, -0.25) is 9.36 Å². The number of carbonyl (C=O) groups excluding carboxylic acids is 1. The fourth-order valence-electron chi connectivity index (χ4n) is 2.83. The molecule has 1 saturated carbocycles. The number of benzene rings is 1. The number of hydrogen-bond donors (Lipinski definition) is 1. The van der Waals surface area contributed by atoms with Crippen molar-refractivity contribution in [3.8, 4) is 22.2 Å². The number of thioether (sulfide) groups is 1. The Morgan fingerprint density at radius 3 is 2.82 bits per heavy atom. The Morgan fingerprint density at radius 1 is 1.29 bits per heavy atom. The van der Waals surface area contributed by atoms with Gasteiger partial charge in [0.25, 0.3) is 0 Å². The summed E-state index contributed by atoms with van der Waals surface area (Å²) in [6.07, 6.45) is 2.25. The van der Waals surface area contributed by atoms with Crippen molar-refractivity contribution in [2.24, 2.45) is 0 Å². The number of methoxy groups -OCH3 is 2. The van der Waals surface area contributed by atoms with E-state index in [9.17, 15) is 4.79 Å². The summed E-state index contributed by atoms with van der Waals surface area (Å²) in [5.74, 6) is 2.22. The molecule has 1 amide bonds. The highest BCUT2D eigenvalue weighted by Gasteiger charge is 2.30. The molecule has 0 atom stereocenters. The molecule has 28 heavy (non-hydrogen) atoms. The van der Waals surface area contributed by atoms with Gasteiger partial charge in [-0.1, -0.05) is 17.8 Å². The average molecular weight is 417 g/mol. The Kier molecular flexibility index (Phi) is 5.54. The Balaban J connectivity index is 1.44. The van der Waals surface area contributed by atoms with Gasteiger partial charge in [0.15, 0.2) is 11.0 Å². The van der Waals surface area contributed by atoms with Crippen molar-refractivity contribution >= 4 is 34.7 Å². The number of carbonyl (C=O) groups is 1. The van der Waals surface area contributed by atoms with E-state index in [1.807, 2.05) is 17.5 Å². The highest BCUT2D eigenvalue weighted by molar-refractivity contribution is 7.99. The Morgan fingerprint density at radius 2 is 2.14 bits per heavy atom. The minimum absolute atomic E-state index is 0.128. The van der Waals surface area contributed by atoms with Gasteiger partial charge in [-0.2, -0.15) is 0 Å². The third-order valence-electron chi connectivity index (χ3n) is 4.33. The number of nitrogens with one attached hydrogen (secondary N) is 1. The van der Waals surface area contributed by atoms with Crippen molar-refractivity contribution in [3.05, 3.63) is 35.7 Å². The molecular formula is C19H20N4O3S2. The number of rotatable bonds is 8. The predicted molar refractivity (Wildman–Crippen MR) is 111 cm³/mol. The predicted octanol–water partition coefficient (Wildman–Crippen LogP) is 4.09. The monoisotopic (exact) mass is 416 g/mol. The van der Waals surface area contributed by atoms with E-state index >= 15 is 0 Å². The standard InChI is InChI=1S/C19H20N4O3S2/c1-25-13-7-8-14(15(10-13)26-2)20-17(24)11-28-19-22-21-18(16-4-3-9-27-16)23(19)12-5-6-12/h3-4,7-10,12H,5-6,11H2,1-2H3,(H,20,24). The van der Waals surface area contributed by atoms with E-state index in [-0.39, 0.29) is 11.7 Å². The van der Waals surface area contributed by atoms with Gasteiger partial charge in [0.1, 0.15) is 11.5 Å². The minimum Gasteiger partial charge on any atom is -0.497 e. The van der Waals surface area contributed by atoms with Crippen molar-refractivity contribution in [1.29, 1.82) is 0 Å². The summed E-state index contributed by atoms with van der Waals surface area (Å²) in [6, 6.07) is 9.77. The summed E-state index contributed by atoms with van der Waals surface area (Å²) >= 11 is 3.04. The molecule has 0 spiro atoms. The zero-order valence-corrected chi connectivity index (χ0v) is 17.2. The highest BCUT2D eigenvalue weighted by atomic mass is 32.2. The molecule has 0 bridgehead atoms. The first-order chi connectivity index (χ1) is 13.7. The fraction of sp³-hybridized carbons (Fsp3) is 0.316. The van der Waals surface area contributed by atoms with E-state index in [0.717, 1.165) is 28.7 Å². The number of thiophene rings is 1. The number of aromatic nitrogens is 3. The average Bonchev–Trinajstić information content (AvgIpc) is 3.23. The van der Waals surface area contributed by atoms with Crippen LogP contribution in [0.4, 0.5) is 5.69 Å². The SMILES string of the molecule is COc1ccc(NC(=O)CSc2nnc(-c3cccs3)n2C2CC2)c(OC)c1. The molecule has 1 fully saturated rings. The molecule has 0 aliphatic heterocycles. The summed E-state index contributed by atoms with van der Waals surface area (Å²) in [6.45, 7) is 0. The molecule has 0 unspecified atom stereocenters. The lowest BCUT2D eigenvalue weighted by Crippen LogP contribution is -2.15. The zero-order chi connectivity index (χ0) is 19.5. The molecule has 0 saturated heterocycles. The van der Waals surface area contributed by atoms with Gasteiger partial charge in [-0.05, 0) is 36.4 Å². The molecule has 1 N–H and O–H groups in total. The van der Waals surface area contributed by atoms with Crippen LogP contribution in [0.15, 0.2) is 40.9 Å². The van der Waals surface area contributed by atoms with Crippen LogP contribution in [-0.4, -0.2) is 40.6 Å². The summed E-state index contributed by atoms with van der Waals surface area (Å²) in [5, 5.41) is 14.4. The first kappa shape index (κ1) is 18.8. The quantitative estimate of drug-likeness (QED) is 0.557. The maximum atomic E-state index is 12.5. The molecular weight excluding hydrogens is 396 g/mol. The van der Waals surface area contributed by atoms with Crippen LogP contribution < -0.4 is 14.8 Å². The van der Waals surface area contributed by atoms with Gasteiger partial charge in [0.2, 0.25) is 5.91 Å². The fourth-order valence-corrected chi connectivity index (χ4v) is 4.34. The van der Waals surface area contributed by atoms with Crippen LogP contribution in [0.3, 0.4) is 0 Å². The van der Waals surface area contributed by atoms with Crippen LogP contribution in [0.2, 0.25) is 0 Å². The van der Waals surface area contributed by atoms with Crippen LogP contribution in [0, 0.1) is 0 Å². The largest absolute Gasteiger partial charge is 0.497 e. The normalized spacial score (nSPS) is 13.4. The molecule has 4 rings (SSSR count). The van der Waals surface area contributed by atoms with Crippen LogP contribution in [-0.2, 0) is 4.79 Å². The lowest BCUT2D eigenvalue weighted by molar-refractivity contribution is -0.113. The molecule has 7 nitrogen and oxygen atoms in total. The molecule has 2 aromatic heterocycles. The van der Waals surface area contributed by atoms with Crippen LogP contribution in [0.5, 0.6) is 11.5 Å². The second-order valence-electron chi connectivity index (χ2n) is 6.29. The summed E-state index contributed by atoms with van der Waals surface area (Å²) in [7, 11) is 3.15. The van der Waals surface area contributed by atoms with Gasteiger partial charge in [-0.15, -0.1) is 21.5 Å². The number of ether oxygens (including phenoxy) is 2. The molecule has 1 aliphatic rings. The molecule has 1 aromatic carbocycles. The van der Waals surface area contributed by atoms with Crippen LogP contribution in [0.25, 0.3) is 10.7 Å². The number of hydrogen-bond acceptors (Lipinski definition) is 7. The summed E-state index contributed by atoms with van der Waals surface area (Å²) in [4.78, 5) is 13.6. The van der Waals surface area contributed by atoms with Crippen molar-refractivity contribution in [2.45, 2.75) is 24.0 Å². The van der Waals surface area contributed by atoms with E-state index in [2.05, 4.69) is 20.1 Å². The molecule has 146 valence electrons. The van der Waals surface area contributed by atoms with Gasteiger partial charge < -0.3 is 14.8 Å². The highest BCUT2D eigenvalue weighted by Crippen LogP contribution is 2.41. The zero-order valence-electron chi connectivity index (χ0n) is 15.5. The lowest BCUT2D eigenvalue weighted by atomic mass is 10.2. The van der Waals surface area contributed by atoms with E-state index in [1.54, 1.807) is 43.8 Å². The molecule has 2 heterocycles. The minimum atomic E-state index is -0.128. The summed E-state index contributed by atoms with van der Waals surface area (Å²) < 4.78 is 12.7. The number of amides is 1. The van der Waals surface area contributed by atoms with Gasteiger partial charge in [0.05, 0.1) is 30.5 Å². The third-order valence-corrected chi connectivity index (χ3v) is 6.14. The number of anilines is 1. The topological polar surface area (TPSA) is 78.3 Å². The van der Waals surface area contributed by atoms with Crippen LogP contribution in [0.1, 0.15) is 18.9 Å². The second-order valence-corrected chi connectivity index (χ2v) is 8.18. The lowest BCUT2D eigenvalue weighted by Gasteiger charge is -2.12. The molecule has 9 heteroatoms. The van der Waals surface area contributed by atoms with E-state index < -0.39 is 0 Å². The maximum absolute atomic E-state index is 12.5. The Bertz CT molecular complexity index is 968. The first-order valence-electron chi connectivity index (χ1n) is 8.83. The van der Waals surface area contributed by atoms with Crippen molar-refractivity contribution in [1.82, 2.24) is 14.8 Å². The third kappa shape index (κ3) is 4.00. The maximum Gasteiger partial charge on any atom is 0.234 e. The van der Waals surface area contributed by atoms with Gasteiger partial charge in [-0.25, -0.2) is 0 Å². The smallest absolute Gasteiger partial charge is 0.234 e. The molecule has 3 aromatic rings.